The van der Waals surface area contributed by atoms with E-state index in [0.29, 0.717) is 6.04 Å². The van der Waals surface area contributed by atoms with Crippen LogP contribution in [0.25, 0.3) is 0 Å². The number of piperazine rings is 1. The molecule has 5 rings (SSSR count). The number of hydrogen-bond donors (Lipinski definition) is 1. The minimum Gasteiger partial charge on any atom is -0.493 e. The summed E-state index contributed by atoms with van der Waals surface area (Å²) in [4.78, 5) is 13.7. The van der Waals surface area contributed by atoms with Crippen LogP contribution in [0.4, 0.5) is 5.95 Å². The Bertz CT molecular complexity index is 827. The number of fused-ring (bicyclic) bond motifs is 1. The summed E-state index contributed by atoms with van der Waals surface area (Å²) in [5.74, 6) is 1.82. The van der Waals surface area contributed by atoms with Gasteiger partial charge in [0.05, 0.1) is 12.2 Å². The Hall–Kier alpha value is -2.18. The summed E-state index contributed by atoms with van der Waals surface area (Å²) in [5, 5.41) is 10.2. The number of aliphatic hydroxyl groups is 1. The van der Waals surface area contributed by atoms with Crippen LogP contribution >= 0.6 is 0 Å². The lowest BCUT2D eigenvalue weighted by Crippen LogP contribution is -2.47. The van der Waals surface area contributed by atoms with Crippen molar-refractivity contribution in [2.24, 2.45) is 0 Å². The van der Waals surface area contributed by atoms with Gasteiger partial charge in [-0.3, -0.25) is 4.90 Å². The Kier molecular flexibility index (Phi) is 4.06. The van der Waals surface area contributed by atoms with Gasteiger partial charge in [-0.25, -0.2) is 9.97 Å². The van der Waals surface area contributed by atoms with E-state index < -0.39 is 5.60 Å². The topological polar surface area (TPSA) is 61.7 Å². The van der Waals surface area contributed by atoms with Crippen molar-refractivity contribution in [3.8, 4) is 5.75 Å². The smallest absolute Gasteiger partial charge is 0.225 e. The number of ether oxygens (including phenoxy) is 1. The molecule has 0 radical (unpaired) electrons. The molecule has 1 saturated heterocycles. The van der Waals surface area contributed by atoms with E-state index in [1.165, 1.54) is 11.1 Å². The zero-order chi connectivity index (χ0) is 18.4. The fourth-order valence-electron chi connectivity index (χ4n) is 4.09. The number of benzene rings is 1. The van der Waals surface area contributed by atoms with Gasteiger partial charge in [0.1, 0.15) is 5.75 Å². The van der Waals surface area contributed by atoms with Gasteiger partial charge in [-0.1, -0.05) is 12.1 Å². The average molecular weight is 366 g/mol. The average Bonchev–Trinajstić information content (AvgIpc) is 3.29. The quantitative estimate of drug-likeness (QED) is 0.896. The van der Waals surface area contributed by atoms with E-state index in [-0.39, 0.29) is 0 Å². The maximum atomic E-state index is 10.2. The van der Waals surface area contributed by atoms with Crippen molar-refractivity contribution in [2.45, 2.75) is 37.8 Å². The molecule has 2 aromatic rings. The number of rotatable bonds is 4. The van der Waals surface area contributed by atoms with Crippen LogP contribution in [0.15, 0.2) is 30.6 Å². The second-order valence-electron chi connectivity index (χ2n) is 7.97. The number of hydrogen-bond acceptors (Lipinski definition) is 6. The molecule has 3 aliphatic rings. The van der Waals surface area contributed by atoms with E-state index in [9.17, 15) is 5.11 Å². The Labute approximate surface area is 159 Å². The van der Waals surface area contributed by atoms with Crippen LogP contribution in [0.3, 0.4) is 0 Å². The molecule has 6 nitrogen and oxygen atoms in total. The first-order valence-electron chi connectivity index (χ1n) is 9.92. The highest BCUT2D eigenvalue weighted by Gasteiger charge is 2.42. The van der Waals surface area contributed by atoms with E-state index in [0.717, 1.165) is 69.3 Å². The molecule has 0 spiro atoms. The zero-order valence-electron chi connectivity index (χ0n) is 15.8. The molecule has 27 heavy (non-hydrogen) atoms. The number of anilines is 1. The van der Waals surface area contributed by atoms with E-state index >= 15 is 0 Å². The lowest BCUT2D eigenvalue weighted by molar-refractivity contribution is 0.150. The Balaban J connectivity index is 1.22. The van der Waals surface area contributed by atoms with Gasteiger partial charge >= 0.3 is 0 Å². The molecule has 0 bridgehead atoms. The predicted molar refractivity (Wildman–Crippen MR) is 103 cm³/mol. The molecule has 1 atom stereocenters. The first-order chi connectivity index (χ1) is 13.1. The Morgan fingerprint density at radius 1 is 1.11 bits per heavy atom. The maximum Gasteiger partial charge on any atom is 0.225 e. The molecule has 6 heteroatoms. The summed E-state index contributed by atoms with van der Waals surface area (Å²) in [7, 11) is 0. The van der Waals surface area contributed by atoms with Crippen molar-refractivity contribution < 1.29 is 9.84 Å². The molecular weight excluding hydrogens is 340 g/mol. The lowest BCUT2D eigenvalue weighted by Gasteiger charge is -2.38. The summed E-state index contributed by atoms with van der Waals surface area (Å²) in [6, 6.07) is 7.04. The minimum absolute atomic E-state index is 0.369. The van der Waals surface area contributed by atoms with E-state index in [2.05, 4.69) is 44.9 Å². The molecule has 2 aliphatic heterocycles. The van der Waals surface area contributed by atoms with Gasteiger partial charge < -0.3 is 14.7 Å². The fourth-order valence-corrected chi connectivity index (χ4v) is 4.09. The second kappa shape index (κ2) is 6.46. The van der Waals surface area contributed by atoms with Crippen LogP contribution in [-0.2, 0) is 12.0 Å². The van der Waals surface area contributed by atoms with Crippen molar-refractivity contribution in [1.29, 1.82) is 0 Å². The monoisotopic (exact) mass is 366 g/mol. The number of nitrogens with zero attached hydrogens (tertiary/aromatic N) is 4. The highest BCUT2D eigenvalue weighted by Crippen LogP contribution is 2.44. The van der Waals surface area contributed by atoms with Crippen molar-refractivity contribution in [3.05, 3.63) is 47.3 Å². The highest BCUT2D eigenvalue weighted by molar-refractivity contribution is 5.41. The third kappa shape index (κ3) is 3.17. The van der Waals surface area contributed by atoms with Gasteiger partial charge in [0.2, 0.25) is 5.95 Å². The van der Waals surface area contributed by atoms with Gasteiger partial charge in [0.25, 0.3) is 0 Å². The zero-order valence-corrected chi connectivity index (χ0v) is 15.8. The summed E-state index contributed by atoms with van der Waals surface area (Å²) < 4.78 is 5.73. The van der Waals surface area contributed by atoms with E-state index in [1.807, 2.05) is 0 Å². The third-order valence-corrected chi connectivity index (χ3v) is 6.25. The van der Waals surface area contributed by atoms with Crippen molar-refractivity contribution in [2.75, 3.05) is 37.7 Å². The first kappa shape index (κ1) is 17.0. The normalized spacial score (nSPS) is 22.2. The van der Waals surface area contributed by atoms with Crippen LogP contribution in [0.1, 0.15) is 42.5 Å². The molecular formula is C21H26N4O2. The molecule has 1 aliphatic carbocycles. The van der Waals surface area contributed by atoms with Crippen LogP contribution in [0.2, 0.25) is 0 Å². The number of aromatic nitrogens is 2. The standard InChI is InChI=1S/C21H26N4O2/c1-15(17-3-2-16-4-11-27-19(16)12-17)24-7-9-25(10-8-24)20-22-13-18(14-23-20)21(26)5-6-21/h2-3,12-15,26H,4-11H2,1H3. The molecule has 142 valence electrons. The third-order valence-electron chi connectivity index (χ3n) is 6.25. The lowest BCUT2D eigenvalue weighted by atomic mass is 10.0. The summed E-state index contributed by atoms with van der Waals surface area (Å²) in [5.41, 5.74) is 2.83. The summed E-state index contributed by atoms with van der Waals surface area (Å²) >= 11 is 0. The van der Waals surface area contributed by atoms with Gasteiger partial charge in [0, 0.05) is 56.6 Å². The van der Waals surface area contributed by atoms with Crippen molar-refractivity contribution in [3.63, 3.8) is 0 Å². The molecule has 1 aromatic carbocycles. The van der Waals surface area contributed by atoms with Crippen LogP contribution in [0.5, 0.6) is 5.75 Å². The molecule has 3 heterocycles. The first-order valence-corrected chi connectivity index (χ1v) is 9.92. The van der Waals surface area contributed by atoms with E-state index in [4.69, 9.17) is 4.74 Å². The summed E-state index contributed by atoms with van der Waals surface area (Å²) in [6.45, 7) is 6.86. The fraction of sp³-hybridized carbons (Fsp3) is 0.524. The van der Waals surface area contributed by atoms with Crippen LogP contribution < -0.4 is 9.64 Å². The molecule has 0 amide bonds. The molecule has 1 saturated carbocycles. The van der Waals surface area contributed by atoms with Gasteiger partial charge in [-0.15, -0.1) is 0 Å². The van der Waals surface area contributed by atoms with Crippen molar-refractivity contribution >= 4 is 5.95 Å². The second-order valence-corrected chi connectivity index (χ2v) is 7.97. The van der Waals surface area contributed by atoms with Crippen molar-refractivity contribution in [1.82, 2.24) is 14.9 Å². The maximum absolute atomic E-state index is 10.2. The highest BCUT2D eigenvalue weighted by atomic mass is 16.5. The molecule has 1 aromatic heterocycles. The molecule has 1 N–H and O–H groups in total. The van der Waals surface area contributed by atoms with Crippen LogP contribution in [-0.4, -0.2) is 52.8 Å². The minimum atomic E-state index is -0.660. The van der Waals surface area contributed by atoms with E-state index in [1.54, 1.807) is 12.4 Å². The van der Waals surface area contributed by atoms with Gasteiger partial charge in [-0.05, 0) is 37.0 Å². The molecule has 1 unspecified atom stereocenters. The van der Waals surface area contributed by atoms with Gasteiger partial charge in [0.15, 0.2) is 0 Å². The largest absolute Gasteiger partial charge is 0.493 e. The SMILES string of the molecule is CC(c1ccc2c(c1)OCC2)N1CCN(c2ncc(C3(O)CC3)cn2)CC1. The summed E-state index contributed by atoms with van der Waals surface area (Å²) in [6.07, 6.45) is 6.24. The van der Waals surface area contributed by atoms with Gasteiger partial charge in [-0.2, -0.15) is 0 Å². The molecule has 2 fully saturated rings. The Morgan fingerprint density at radius 3 is 2.56 bits per heavy atom. The van der Waals surface area contributed by atoms with Crippen LogP contribution in [0, 0.1) is 0 Å². The Morgan fingerprint density at radius 2 is 1.85 bits per heavy atom. The predicted octanol–water partition coefficient (Wildman–Crippen LogP) is 2.28.